The van der Waals surface area contributed by atoms with Crippen molar-refractivity contribution in [2.24, 2.45) is 0 Å². The summed E-state index contributed by atoms with van der Waals surface area (Å²) in [4.78, 5) is 24.6. The van der Waals surface area contributed by atoms with E-state index in [-0.39, 0.29) is 17.1 Å². The Hall–Kier alpha value is -2.29. The molecule has 0 aromatic carbocycles. The molecule has 1 saturated heterocycles. The van der Waals surface area contributed by atoms with E-state index in [0.717, 1.165) is 44.2 Å². The van der Waals surface area contributed by atoms with Crippen molar-refractivity contribution < 1.29 is 13.6 Å². The standard InChI is InChI=1S/C17H22F2N6O/c1-2-24-7-3-12-14(21-11-20-12)17(24)5-9-23(10-6-17)15(26)13-4-8-25(22-13)16(18)19/h4,8,11,16H,2-3,5-7,9-10H2,1H3,(H,20,21). The van der Waals surface area contributed by atoms with Gasteiger partial charge in [-0.05, 0) is 25.5 Å². The molecule has 1 spiro atoms. The maximum atomic E-state index is 12.7. The lowest BCUT2D eigenvalue weighted by molar-refractivity contribution is 0.00985. The molecule has 7 nitrogen and oxygen atoms in total. The van der Waals surface area contributed by atoms with Gasteiger partial charge in [0, 0.05) is 37.9 Å². The first-order valence-corrected chi connectivity index (χ1v) is 8.95. The third-order valence-electron chi connectivity index (χ3n) is 5.68. The van der Waals surface area contributed by atoms with Crippen LogP contribution in [0.15, 0.2) is 18.6 Å². The number of hydrogen-bond acceptors (Lipinski definition) is 4. The largest absolute Gasteiger partial charge is 0.348 e. The predicted molar refractivity (Wildman–Crippen MR) is 89.8 cm³/mol. The number of rotatable bonds is 3. The second-order valence-electron chi connectivity index (χ2n) is 6.84. The lowest BCUT2D eigenvalue weighted by Gasteiger charge is -2.50. The van der Waals surface area contributed by atoms with Crippen LogP contribution in [0, 0.1) is 0 Å². The number of halogens is 2. The fourth-order valence-electron chi connectivity index (χ4n) is 4.34. The van der Waals surface area contributed by atoms with E-state index in [4.69, 9.17) is 0 Å². The van der Waals surface area contributed by atoms with Crippen LogP contribution in [0.5, 0.6) is 0 Å². The number of H-pyrrole nitrogens is 1. The molecule has 4 rings (SSSR count). The number of imidazole rings is 1. The van der Waals surface area contributed by atoms with Crippen LogP contribution in [0.2, 0.25) is 0 Å². The first-order valence-electron chi connectivity index (χ1n) is 8.95. The number of piperidine rings is 1. The Morgan fingerprint density at radius 1 is 1.35 bits per heavy atom. The molecule has 0 bridgehead atoms. The molecule has 4 heterocycles. The topological polar surface area (TPSA) is 70.1 Å². The number of hydrogen-bond donors (Lipinski definition) is 1. The zero-order valence-electron chi connectivity index (χ0n) is 14.7. The fourth-order valence-corrected chi connectivity index (χ4v) is 4.34. The van der Waals surface area contributed by atoms with E-state index >= 15 is 0 Å². The average Bonchev–Trinajstić information content (AvgIpc) is 3.32. The zero-order valence-corrected chi connectivity index (χ0v) is 14.7. The molecule has 2 aromatic heterocycles. The van der Waals surface area contributed by atoms with Crippen molar-refractivity contribution in [1.82, 2.24) is 29.5 Å². The summed E-state index contributed by atoms with van der Waals surface area (Å²) in [6.07, 6.45) is 5.40. The Morgan fingerprint density at radius 2 is 2.12 bits per heavy atom. The van der Waals surface area contributed by atoms with Crippen LogP contribution >= 0.6 is 0 Å². The minimum Gasteiger partial charge on any atom is -0.348 e. The summed E-state index contributed by atoms with van der Waals surface area (Å²) >= 11 is 0. The average molecular weight is 364 g/mol. The maximum Gasteiger partial charge on any atom is 0.333 e. The number of aromatic amines is 1. The molecule has 0 saturated carbocycles. The summed E-state index contributed by atoms with van der Waals surface area (Å²) < 4.78 is 25.9. The van der Waals surface area contributed by atoms with Crippen molar-refractivity contribution in [3.8, 4) is 0 Å². The van der Waals surface area contributed by atoms with Crippen LogP contribution in [-0.4, -0.2) is 61.6 Å². The smallest absolute Gasteiger partial charge is 0.333 e. The van der Waals surface area contributed by atoms with Gasteiger partial charge in [0.2, 0.25) is 0 Å². The van der Waals surface area contributed by atoms with Gasteiger partial charge in [0.1, 0.15) is 0 Å². The van der Waals surface area contributed by atoms with Crippen molar-refractivity contribution in [3.63, 3.8) is 0 Å². The van der Waals surface area contributed by atoms with Gasteiger partial charge in [-0.1, -0.05) is 6.92 Å². The van der Waals surface area contributed by atoms with E-state index in [1.807, 2.05) is 0 Å². The number of aromatic nitrogens is 4. The van der Waals surface area contributed by atoms with Crippen LogP contribution in [0.1, 0.15) is 48.2 Å². The Balaban J connectivity index is 1.52. The van der Waals surface area contributed by atoms with Gasteiger partial charge in [0.25, 0.3) is 5.91 Å². The lowest BCUT2D eigenvalue weighted by Crippen LogP contribution is -2.57. The predicted octanol–water partition coefficient (Wildman–Crippen LogP) is 2.01. The van der Waals surface area contributed by atoms with Crippen molar-refractivity contribution in [2.75, 3.05) is 26.2 Å². The summed E-state index contributed by atoms with van der Waals surface area (Å²) in [6.45, 7) is 2.43. The van der Waals surface area contributed by atoms with Gasteiger partial charge in [-0.3, -0.25) is 9.69 Å². The Kier molecular flexibility index (Phi) is 4.26. The number of alkyl halides is 2. The summed E-state index contributed by atoms with van der Waals surface area (Å²) in [5.74, 6) is -0.291. The summed E-state index contributed by atoms with van der Waals surface area (Å²) in [7, 11) is 0. The first kappa shape index (κ1) is 17.1. The molecule has 2 aliphatic heterocycles. The minimum absolute atomic E-state index is 0.0673. The van der Waals surface area contributed by atoms with E-state index in [2.05, 4.69) is 26.9 Å². The molecule has 0 aliphatic carbocycles. The number of carbonyl (C=O) groups excluding carboxylic acids is 1. The zero-order chi connectivity index (χ0) is 18.3. The van der Waals surface area contributed by atoms with Crippen LogP contribution in [0.3, 0.4) is 0 Å². The fraction of sp³-hybridized carbons (Fsp3) is 0.588. The highest BCUT2D eigenvalue weighted by Gasteiger charge is 2.46. The van der Waals surface area contributed by atoms with Crippen LogP contribution in [0.25, 0.3) is 0 Å². The van der Waals surface area contributed by atoms with Crippen molar-refractivity contribution in [2.45, 2.75) is 38.3 Å². The lowest BCUT2D eigenvalue weighted by atomic mass is 9.78. The molecule has 26 heavy (non-hydrogen) atoms. The molecule has 2 aliphatic rings. The highest BCUT2D eigenvalue weighted by Crippen LogP contribution is 2.42. The maximum absolute atomic E-state index is 12.7. The molecule has 9 heteroatoms. The molecular weight excluding hydrogens is 342 g/mol. The van der Waals surface area contributed by atoms with Crippen molar-refractivity contribution in [1.29, 1.82) is 0 Å². The van der Waals surface area contributed by atoms with Crippen molar-refractivity contribution in [3.05, 3.63) is 35.7 Å². The van der Waals surface area contributed by atoms with Gasteiger partial charge >= 0.3 is 6.55 Å². The molecule has 0 atom stereocenters. The normalized spacial score (nSPS) is 19.9. The molecule has 0 radical (unpaired) electrons. The van der Waals surface area contributed by atoms with Gasteiger partial charge in [-0.15, -0.1) is 0 Å². The van der Waals surface area contributed by atoms with E-state index in [1.165, 1.54) is 11.8 Å². The van der Waals surface area contributed by atoms with E-state index < -0.39 is 6.55 Å². The summed E-state index contributed by atoms with van der Waals surface area (Å²) in [6, 6.07) is 1.35. The number of carbonyl (C=O) groups is 1. The Morgan fingerprint density at radius 3 is 2.77 bits per heavy atom. The second kappa shape index (κ2) is 6.46. The molecular formula is C17H22F2N6O. The van der Waals surface area contributed by atoms with Crippen molar-refractivity contribution >= 4 is 5.91 Å². The van der Waals surface area contributed by atoms with Gasteiger partial charge in [-0.2, -0.15) is 13.9 Å². The quantitative estimate of drug-likeness (QED) is 0.905. The first-order chi connectivity index (χ1) is 12.5. The van der Waals surface area contributed by atoms with E-state index in [0.29, 0.717) is 17.8 Å². The van der Waals surface area contributed by atoms with Gasteiger partial charge in [0.15, 0.2) is 5.69 Å². The molecule has 2 aromatic rings. The molecule has 1 amide bonds. The SMILES string of the molecule is CCN1CCc2[nH]cnc2C12CCN(C(=O)c1ccn(C(F)F)n1)CC2. The monoisotopic (exact) mass is 364 g/mol. The minimum atomic E-state index is -2.74. The molecule has 1 fully saturated rings. The molecule has 140 valence electrons. The van der Waals surface area contributed by atoms with Gasteiger partial charge < -0.3 is 9.88 Å². The number of likely N-dealkylation sites (N-methyl/N-ethyl adjacent to an activating group) is 1. The van der Waals surface area contributed by atoms with E-state index in [1.54, 1.807) is 11.2 Å². The third kappa shape index (κ3) is 2.61. The Labute approximate surface area is 150 Å². The number of amides is 1. The van der Waals surface area contributed by atoms with Gasteiger partial charge in [-0.25, -0.2) is 9.67 Å². The van der Waals surface area contributed by atoms with Crippen LogP contribution < -0.4 is 0 Å². The Bertz CT molecular complexity index is 793. The third-order valence-corrected chi connectivity index (χ3v) is 5.68. The second-order valence-corrected chi connectivity index (χ2v) is 6.84. The van der Waals surface area contributed by atoms with Crippen LogP contribution in [-0.2, 0) is 12.0 Å². The summed E-state index contributed by atoms with van der Waals surface area (Å²) in [5, 5.41) is 3.70. The number of nitrogens with zero attached hydrogens (tertiary/aromatic N) is 5. The van der Waals surface area contributed by atoms with Crippen LogP contribution in [0.4, 0.5) is 8.78 Å². The number of fused-ring (bicyclic) bond motifs is 2. The number of nitrogens with one attached hydrogen (secondary N) is 1. The highest BCUT2D eigenvalue weighted by atomic mass is 19.3. The highest BCUT2D eigenvalue weighted by molar-refractivity contribution is 5.92. The molecule has 0 unspecified atom stereocenters. The van der Waals surface area contributed by atoms with E-state index in [9.17, 15) is 13.6 Å². The summed E-state index contributed by atoms with van der Waals surface area (Å²) in [5.41, 5.74) is 2.20. The van der Waals surface area contributed by atoms with Gasteiger partial charge in [0.05, 0.1) is 17.6 Å². The number of likely N-dealkylation sites (tertiary alicyclic amines) is 1. The molecule has 1 N–H and O–H groups in total.